The first-order valence-corrected chi connectivity index (χ1v) is 10.3. The van der Waals surface area contributed by atoms with E-state index < -0.39 is 0 Å². The number of aromatic nitrogens is 1. The van der Waals surface area contributed by atoms with Gasteiger partial charge in [-0.25, -0.2) is 4.98 Å². The van der Waals surface area contributed by atoms with Crippen molar-refractivity contribution in [2.24, 2.45) is 0 Å². The zero-order valence-electron chi connectivity index (χ0n) is 14.2. The second-order valence-electron chi connectivity index (χ2n) is 5.91. The third kappa shape index (κ3) is 4.26. The summed E-state index contributed by atoms with van der Waals surface area (Å²) in [5, 5.41) is 3.89. The van der Waals surface area contributed by atoms with E-state index in [0.29, 0.717) is 0 Å². The number of carbonyl (C=O) groups is 1. The summed E-state index contributed by atoms with van der Waals surface area (Å²) >= 11 is 3.90. The molecular formula is C22H15IN2OS. The molecule has 0 aliphatic rings. The lowest BCUT2D eigenvalue weighted by atomic mass is 10.1. The molecule has 0 unspecified atom stereocenters. The monoisotopic (exact) mass is 482 g/mol. The van der Waals surface area contributed by atoms with Gasteiger partial charge in [0.25, 0.3) is 0 Å². The Morgan fingerprint density at radius 2 is 1.78 bits per heavy atom. The molecule has 1 aromatic heterocycles. The van der Waals surface area contributed by atoms with E-state index in [1.807, 2.05) is 60.7 Å². The summed E-state index contributed by atoms with van der Waals surface area (Å²) in [6.45, 7) is 0. The van der Waals surface area contributed by atoms with Gasteiger partial charge in [0.05, 0.1) is 15.9 Å². The topological polar surface area (TPSA) is 42.0 Å². The smallest absolute Gasteiger partial charge is 0.248 e. The van der Waals surface area contributed by atoms with Gasteiger partial charge in [0.2, 0.25) is 5.91 Å². The van der Waals surface area contributed by atoms with Crippen LogP contribution in [0, 0.1) is 3.57 Å². The van der Waals surface area contributed by atoms with Crippen molar-refractivity contribution in [3.05, 3.63) is 88.0 Å². The molecule has 0 fully saturated rings. The molecule has 1 N–H and O–H groups in total. The van der Waals surface area contributed by atoms with Gasteiger partial charge in [-0.05, 0) is 64.6 Å². The molecule has 3 nitrogen and oxygen atoms in total. The van der Waals surface area contributed by atoms with E-state index >= 15 is 0 Å². The maximum atomic E-state index is 12.4. The Morgan fingerprint density at radius 3 is 2.59 bits per heavy atom. The maximum Gasteiger partial charge on any atom is 0.248 e. The van der Waals surface area contributed by atoms with Crippen LogP contribution in [0.1, 0.15) is 5.56 Å². The maximum absolute atomic E-state index is 12.4. The fourth-order valence-corrected chi connectivity index (χ4v) is 4.19. The fraction of sp³-hybridized carbons (Fsp3) is 0. The van der Waals surface area contributed by atoms with Crippen molar-refractivity contribution in [1.29, 1.82) is 0 Å². The summed E-state index contributed by atoms with van der Waals surface area (Å²) in [5.41, 5.74) is 3.65. The number of rotatable bonds is 4. The molecule has 0 aliphatic carbocycles. The van der Waals surface area contributed by atoms with E-state index in [1.54, 1.807) is 23.5 Å². The van der Waals surface area contributed by atoms with Gasteiger partial charge in [-0.1, -0.05) is 42.5 Å². The third-order valence-electron chi connectivity index (χ3n) is 3.99. The van der Waals surface area contributed by atoms with E-state index in [4.69, 9.17) is 4.98 Å². The van der Waals surface area contributed by atoms with Crippen LogP contribution in [-0.4, -0.2) is 10.9 Å². The van der Waals surface area contributed by atoms with Crippen LogP contribution >= 0.6 is 33.9 Å². The first-order chi connectivity index (χ1) is 13.2. The van der Waals surface area contributed by atoms with E-state index in [0.717, 1.165) is 35.6 Å². The minimum absolute atomic E-state index is 0.164. The molecule has 0 spiro atoms. The van der Waals surface area contributed by atoms with Crippen LogP contribution in [-0.2, 0) is 4.79 Å². The molecule has 0 radical (unpaired) electrons. The lowest BCUT2D eigenvalue weighted by Gasteiger charge is -2.08. The summed E-state index contributed by atoms with van der Waals surface area (Å²) in [4.78, 5) is 17.1. The van der Waals surface area contributed by atoms with Crippen LogP contribution in [0.25, 0.3) is 26.9 Å². The van der Waals surface area contributed by atoms with Crippen molar-refractivity contribution < 1.29 is 4.79 Å². The molecule has 0 saturated carbocycles. The highest BCUT2D eigenvalue weighted by Crippen LogP contribution is 2.35. The summed E-state index contributed by atoms with van der Waals surface area (Å²) in [6.07, 6.45) is 3.36. The zero-order valence-corrected chi connectivity index (χ0v) is 17.2. The Kier molecular flexibility index (Phi) is 5.31. The van der Waals surface area contributed by atoms with Crippen LogP contribution in [0.2, 0.25) is 0 Å². The van der Waals surface area contributed by atoms with Crippen molar-refractivity contribution in [3.8, 4) is 10.6 Å². The molecule has 0 atom stereocenters. The van der Waals surface area contributed by atoms with Gasteiger partial charge in [-0.3, -0.25) is 4.79 Å². The summed E-state index contributed by atoms with van der Waals surface area (Å²) in [5.74, 6) is -0.164. The predicted octanol–water partition coefficient (Wildman–Crippen LogP) is 6.22. The molecule has 4 aromatic rings. The normalized spacial score (nSPS) is 11.1. The van der Waals surface area contributed by atoms with Gasteiger partial charge in [0.15, 0.2) is 0 Å². The molecule has 0 saturated heterocycles. The molecule has 27 heavy (non-hydrogen) atoms. The molecule has 0 aliphatic heterocycles. The number of nitrogens with one attached hydrogen (secondary N) is 1. The van der Waals surface area contributed by atoms with Gasteiger partial charge in [0, 0.05) is 15.2 Å². The molecule has 0 bridgehead atoms. The largest absolute Gasteiger partial charge is 0.322 e. The molecule has 3 aromatic carbocycles. The van der Waals surface area contributed by atoms with Crippen molar-refractivity contribution in [1.82, 2.24) is 4.98 Å². The molecule has 132 valence electrons. The number of nitrogens with zero attached hydrogens (tertiary/aromatic N) is 1. The van der Waals surface area contributed by atoms with Crippen LogP contribution < -0.4 is 5.32 Å². The second kappa shape index (κ2) is 8.02. The standard InChI is InChI=1S/C22H15IN2OS/c23-16-11-12-18(24-21(26)13-10-15-6-2-1-3-7-15)17(14-16)22-25-19-8-4-5-9-20(19)27-22/h1-14H,(H,24,26). The minimum atomic E-state index is -0.164. The number of thiazole rings is 1. The number of hydrogen-bond acceptors (Lipinski definition) is 3. The van der Waals surface area contributed by atoms with Crippen LogP contribution in [0.5, 0.6) is 0 Å². The predicted molar refractivity (Wildman–Crippen MR) is 122 cm³/mol. The number of halogens is 1. The van der Waals surface area contributed by atoms with Crippen molar-refractivity contribution in [3.63, 3.8) is 0 Å². The minimum Gasteiger partial charge on any atom is -0.322 e. The van der Waals surface area contributed by atoms with Crippen molar-refractivity contribution >= 4 is 61.8 Å². The number of hydrogen-bond donors (Lipinski definition) is 1. The van der Waals surface area contributed by atoms with Gasteiger partial charge in [0.1, 0.15) is 5.01 Å². The average Bonchev–Trinajstić information content (AvgIpc) is 3.12. The number of carbonyl (C=O) groups excluding carboxylic acids is 1. The summed E-state index contributed by atoms with van der Waals surface area (Å²) in [6, 6.07) is 23.8. The number of fused-ring (bicyclic) bond motifs is 1. The summed E-state index contributed by atoms with van der Waals surface area (Å²) in [7, 11) is 0. The highest BCUT2D eigenvalue weighted by Gasteiger charge is 2.12. The molecule has 1 heterocycles. The Bertz CT molecular complexity index is 1100. The SMILES string of the molecule is O=C(C=Cc1ccccc1)Nc1ccc(I)cc1-c1nc2ccccc2s1. The van der Waals surface area contributed by atoms with Gasteiger partial charge in [-0.15, -0.1) is 11.3 Å². The first-order valence-electron chi connectivity index (χ1n) is 8.39. The van der Waals surface area contributed by atoms with Gasteiger partial charge >= 0.3 is 0 Å². The van der Waals surface area contributed by atoms with E-state index in [1.165, 1.54) is 0 Å². The second-order valence-corrected chi connectivity index (χ2v) is 8.19. The lowest BCUT2D eigenvalue weighted by molar-refractivity contribution is -0.111. The van der Waals surface area contributed by atoms with Crippen molar-refractivity contribution in [2.45, 2.75) is 0 Å². The number of para-hydroxylation sites is 1. The Balaban J connectivity index is 1.63. The molecule has 4 rings (SSSR count). The van der Waals surface area contributed by atoms with Crippen LogP contribution in [0.3, 0.4) is 0 Å². The fourth-order valence-electron chi connectivity index (χ4n) is 2.70. The van der Waals surface area contributed by atoms with Crippen molar-refractivity contribution in [2.75, 3.05) is 5.32 Å². The van der Waals surface area contributed by atoms with Gasteiger partial charge < -0.3 is 5.32 Å². The molecule has 1 amide bonds. The number of anilines is 1. The highest BCUT2D eigenvalue weighted by molar-refractivity contribution is 14.1. The number of amides is 1. The third-order valence-corrected chi connectivity index (χ3v) is 5.73. The summed E-state index contributed by atoms with van der Waals surface area (Å²) < 4.78 is 2.23. The Labute approximate surface area is 174 Å². The number of benzene rings is 3. The van der Waals surface area contributed by atoms with E-state index in [-0.39, 0.29) is 5.91 Å². The quantitative estimate of drug-likeness (QED) is 0.277. The Hall–Kier alpha value is -2.51. The average molecular weight is 482 g/mol. The zero-order chi connectivity index (χ0) is 18.6. The van der Waals surface area contributed by atoms with E-state index in [2.05, 4.69) is 40.0 Å². The van der Waals surface area contributed by atoms with E-state index in [9.17, 15) is 4.79 Å². The van der Waals surface area contributed by atoms with Crippen LogP contribution in [0.15, 0.2) is 78.9 Å². The van der Waals surface area contributed by atoms with Crippen LogP contribution in [0.4, 0.5) is 5.69 Å². The van der Waals surface area contributed by atoms with Gasteiger partial charge in [-0.2, -0.15) is 0 Å². The highest BCUT2D eigenvalue weighted by atomic mass is 127. The Morgan fingerprint density at radius 1 is 1.00 bits per heavy atom. The molecular weight excluding hydrogens is 467 g/mol. The first kappa shape index (κ1) is 17.9. The lowest BCUT2D eigenvalue weighted by Crippen LogP contribution is -2.08. The molecule has 5 heteroatoms.